The van der Waals surface area contributed by atoms with E-state index in [1.807, 2.05) is 41.3 Å². The van der Waals surface area contributed by atoms with Crippen LogP contribution in [-0.2, 0) is 10.4 Å². The smallest absolute Gasteiger partial charge is 0.258 e. The van der Waals surface area contributed by atoms with Crippen molar-refractivity contribution in [3.63, 3.8) is 0 Å². The third-order valence-electron chi connectivity index (χ3n) is 7.74. The SMILES string of the molecule is CN(C)C(=O)c1ccc(N2CCC(C3CCN(C(=O)[C@@](C)(O)c4ccccc4)CC3)CC2)cc1Cl. The first kappa shape index (κ1) is 25.5. The number of carbonyl (C=O) groups excluding carboxylic acids is 2. The van der Waals surface area contributed by atoms with E-state index in [2.05, 4.69) is 4.90 Å². The summed E-state index contributed by atoms with van der Waals surface area (Å²) >= 11 is 6.42. The predicted molar refractivity (Wildman–Crippen MR) is 140 cm³/mol. The van der Waals surface area contributed by atoms with Crippen LogP contribution >= 0.6 is 11.6 Å². The van der Waals surface area contributed by atoms with Crippen molar-refractivity contribution in [2.45, 2.75) is 38.2 Å². The lowest BCUT2D eigenvalue weighted by Gasteiger charge is -2.42. The van der Waals surface area contributed by atoms with Gasteiger partial charge in [0.1, 0.15) is 0 Å². The van der Waals surface area contributed by atoms with E-state index in [1.165, 1.54) is 4.90 Å². The molecular formula is C28H36ClN3O3. The minimum Gasteiger partial charge on any atom is -0.376 e. The van der Waals surface area contributed by atoms with Gasteiger partial charge in [0.05, 0.1) is 10.6 Å². The quantitative estimate of drug-likeness (QED) is 0.664. The van der Waals surface area contributed by atoms with Gasteiger partial charge in [-0.25, -0.2) is 0 Å². The zero-order valence-electron chi connectivity index (χ0n) is 20.9. The first-order chi connectivity index (χ1) is 16.7. The van der Waals surface area contributed by atoms with E-state index in [4.69, 9.17) is 11.6 Å². The van der Waals surface area contributed by atoms with Crippen molar-refractivity contribution in [2.75, 3.05) is 45.2 Å². The standard InChI is InChI=1S/C28H36ClN3O3/c1-28(35,22-7-5-4-6-8-22)27(34)32-17-13-21(14-18-32)20-11-15-31(16-12-20)23-9-10-24(25(29)19-23)26(33)30(2)3/h4-10,19-21,35H,11-18H2,1-3H3/t28-/m0/s1. The van der Waals surface area contributed by atoms with Crippen LogP contribution in [0.5, 0.6) is 0 Å². The Labute approximate surface area is 213 Å². The fourth-order valence-electron chi connectivity index (χ4n) is 5.51. The molecule has 0 radical (unpaired) electrons. The molecule has 188 valence electrons. The number of carbonyl (C=O) groups is 2. The molecule has 6 nitrogen and oxygen atoms in total. The van der Waals surface area contributed by atoms with Crippen molar-refractivity contribution < 1.29 is 14.7 Å². The molecule has 2 aliphatic heterocycles. The van der Waals surface area contributed by atoms with Gasteiger partial charge in [-0.3, -0.25) is 9.59 Å². The summed E-state index contributed by atoms with van der Waals surface area (Å²) in [5.74, 6) is 0.954. The van der Waals surface area contributed by atoms with Gasteiger partial charge in [-0.2, -0.15) is 0 Å². The summed E-state index contributed by atoms with van der Waals surface area (Å²) in [6.07, 6.45) is 4.18. The molecule has 2 aliphatic rings. The van der Waals surface area contributed by atoms with Gasteiger partial charge in [-0.05, 0) is 68.2 Å². The van der Waals surface area contributed by atoms with Crippen molar-refractivity contribution in [2.24, 2.45) is 11.8 Å². The Morgan fingerprint density at radius 3 is 2.06 bits per heavy atom. The summed E-state index contributed by atoms with van der Waals surface area (Å²) in [7, 11) is 3.45. The van der Waals surface area contributed by atoms with Gasteiger partial charge in [0.15, 0.2) is 5.60 Å². The molecule has 4 rings (SSSR count). The highest BCUT2D eigenvalue weighted by Gasteiger charge is 2.38. The molecule has 7 heteroatoms. The highest BCUT2D eigenvalue weighted by molar-refractivity contribution is 6.34. The second kappa shape index (κ2) is 10.6. The number of aliphatic hydroxyl groups is 1. The van der Waals surface area contributed by atoms with Crippen LogP contribution < -0.4 is 4.90 Å². The lowest BCUT2D eigenvalue weighted by Crippen LogP contribution is -2.49. The van der Waals surface area contributed by atoms with Crippen LogP contribution in [0.2, 0.25) is 5.02 Å². The predicted octanol–water partition coefficient (Wildman–Crippen LogP) is 4.40. The number of amides is 2. The Kier molecular flexibility index (Phi) is 7.72. The molecule has 2 saturated heterocycles. The van der Waals surface area contributed by atoms with Crippen LogP contribution in [-0.4, -0.2) is 67.0 Å². The van der Waals surface area contributed by atoms with E-state index in [1.54, 1.807) is 33.2 Å². The zero-order valence-corrected chi connectivity index (χ0v) is 21.7. The second-order valence-corrected chi connectivity index (χ2v) is 10.7. The van der Waals surface area contributed by atoms with Gasteiger partial charge in [0, 0.05) is 46.0 Å². The Morgan fingerprint density at radius 2 is 1.51 bits per heavy atom. The van der Waals surface area contributed by atoms with Gasteiger partial charge >= 0.3 is 0 Å². The summed E-state index contributed by atoms with van der Waals surface area (Å²) < 4.78 is 0. The van der Waals surface area contributed by atoms with Crippen molar-refractivity contribution in [3.05, 3.63) is 64.7 Å². The molecule has 1 atom stereocenters. The first-order valence-electron chi connectivity index (χ1n) is 12.5. The number of piperidine rings is 2. The molecule has 0 aliphatic carbocycles. The number of hydrogen-bond acceptors (Lipinski definition) is 4. The number of nitrogens with zero attached hydrogens (tertiary/aromatic N) is 3. The minimum absolute atomic E-state index is 0.0876. The molecule has 2 fully saturated rings. The molecule has 0 aromatic heterocycles. The lowest BCUT2D eigenvalue weighted by molar-refractivity contribution is -0.152. The third kappa shape index (κ3) is 5.49. The molecule has 0 spiro atoms. The van der Waals surface area contributed by atoms with Crippen molar-refractivity contribution in [3.8, 4) is 0 Å². The lowest BCUT2D eigenvalue weighted by atomic mass is 9.78. The van der Waals surface area contributed by atoms with Crippen LogP contribution in [0.15, 0.2) is 48.5 Å². The number of rotatable bonds is 5. The Balaban J connectivity index is 1.29. The van der Waals surface area contributed by atoms with E-state index in [-0.39, 0.29) is 11.8 Å². The highest BCUT2D eigenvalue weighted by Crippen LogP contribution is 2.36. The Hall–Kier alpha value is -2.57. The number of halogens is 1. The molecule has 0 bridgehead atoms. The maximum Gasteiger partial charge on any atom is 0.258 e. The van der Waals surface area contributed by atoms with Crippen molar-refractivity contribution in [1.29, 1.82) is 0 Å². The van der Waals surface area contributed by atoms with Gasteiger partial charge < -0.3 is 19.8 Å². The van der Waals surface area contributed by atoms with Crippen LogP contribution in [0.1, 0.15) is 48.5 Å². The monoisotopic (exact) mass is 497 g/mol. The normalized spacial score (nSPS) is 19.3. The van der Waals surface area contributed by atoms with Crippen LogP contribution in [0.4, 0.5) is 5.69 Å². The largest absolute Gasteiger partial charge is 0.376 e. The summed E-state index contributed by atoms with van der Waals surface area (Å²) in [6.45, 7) is 4.92. The van der Waals surface area contributed by atoms with E-state index in [0.29, 0.717) is 41.1 Å². The summed E-state index contributed by atoms with van der Waals surface area (Å²) in [4.78, 5) is 31.0. The average molecular weight is 498 g/mol. The maximum absolute atomic E-state index is 13.1. The first-order valence-corrected chi connectivity index (χ1v) is 12.9. The Morgan fingerprint density at radius 1 is 0.943 bits per heavy atom. The van der Waals surface area contributed by atoms with E-state index < -0.39 is 5.60 Å². The maximum atomic E-state index is 13.1. The second-order valence-electron chi connectivity index (χ2n) is 10.3. The van der Waals surface area contributed by atoms with Crippen LogP contribution in [0.25, 0.3) is 0 Å². The number of benzene rings is 2. The average Bonchev–Trinajstić information content (AvgIpc) is 2.88. The molecule has 2 aromatic carbocycles. The molecule has 0 unspecified atom stereocenters. The molecule has 0 saturated carbocycles. The van der Waals surface area contributed by atoms with Gasteiger partial charge in [-0.15, -0.1) is 0 Å². The number of likely N-dealkylation sites (tertiary alicyclic amines) is 1. The summed E-state index contributed by atoms with van der Waals surface area (Å²) in [5, 5.41) is 11.4. The van der Waals surface area contributed by atoms with Gasteiger partial charge in [-0.1, -0.05) is 41.9 Å². The Bertz CT molecular complexity index is 1040. The van der Waals surface area contributed by atoms with E-state index in [9.17, 15) is 14.7 Å². The molecular weight excluding hydrogens is 462 g/mol. The van der Waals surface area contributed by atoms with Gasteiger partial charge in [0.25, 0.3) is 11.8 Å². The fourth-order valence-corrected chi connectivity index (χ4v) is 5.77. The molecule has 2 amide bonds. The zero-order chi connectivity index (χ0) is 25.2. The minimum atomic E-state index is -1.49. The molecule has 2 heterocycles. The van der Waals surface area contributed by atoms with Gasteiger partial charge in [0.2, 0.25) is 0 Å². The van der Waals surface area contributed by atoms with Crippen LogP contribution in [0, 0.1) is 11.8 Å². The number of hydrogen-bond donors (Lipinski definition) is 1. The molecule has 1 N–H and O–H groups in total. The molecule has 35 heavy (non-hydrogen) atoms. The summed E-state index contributed by atoms with van der Waals surface area (Å²) in [6, 6.07) is 14.9. The van der Waals surface area contributed by atoms with Crippen molar-refractivity contribution >= 4 is 29.1 Å². The topological polar surface area (TPSA) is 64.1 Å². The van der Waals surface area contributed by atoms with E-state index >= 15 is 0 Å². The third-order valence-corrected chi connectivity index (χ3v) is 8.05. The van der Waals surface area contributed by atoms with Crippen molar-refractivity contribution in [1.82, 2.24) is 9.80 Å². The molecule has 2 aromatic rings. The fraction of sp³-hybridized carbons (Fsp3) is 0.500. The summed E-state index contributed by atoms with van der Waals surface area (Å²) in [5.41, 5.74) is 0.738. The highest BCUT2D eigenvalue weighted by atomic mass is 35.5. The van der Waals surface area contributed by atoms with E-state index in [0.717, 1.165) is 44.5 Å². The number of anilines is 1. The van der Waals surface area contributed by atoms with Crippen LogP contribution in [0.3, 0.4) is 0 Å².